The molecule has 3 aromatic carbocycles. The van der Waals surface area contributed by atoms with E-state index in [-0.39, 0.29) is 12.0 Å². The van der Waals surface area contributed by atoms with Gasteiger partial charge in [0.2, 0.25) is 0 Å². The van der Waals surface area contributed by atoms with Gasteiger partial charge < -0.3 is 14.8 Å². The van der Waals surface area contributed by atoms with Crippen molar-refractivity contribution < 1.29 is 14.3 Å². The second-order valence-electron chi connectivity index (χ2n) is 9.31. The summed E-state index contributed by atoms with van der Waals surface area (Å²) in [5.41, 5.74) is 3.36. The lowest BCUT2D eigenvalue weighted by Gasteiger charge is -2.32. The van der Waals surface area contributed by atoms with Crippen LogP contribution in [0, 0.1) is 5.92 Å². The number of benzene rings is 3. The van der Waals surface area contributed by atoms with Crippen molar-refractivity contribution in [2.24, 2.45) is 5.92 Å². The largest absolute Gasteiger partial charge is 0.486 e. The van der Waals surface area contributed by atoms with Gasteiger partial charge in [0.1, 0.15) is 12.7 Å². The van der Waals surface area contributed by atoms with Crippen LogP contribution in [-0.2, 0) is 13.0 Å². The number of piperidine rings is 1. The van der Waals surface area contributed by atoms with Gasteiger partial charge in [-0.2, -0.15) is 0 Å². The van der Waals surface area contributed by atoms with Crippen LogP contribution in [0.25, 0.3) is 0 Å². The zero-order valence-corrected chi connectivity index (χ0v) is 19.5. The van der Waals surface area contributed by atoms with Gasteiger partial charge in [0.05, 0.1) is 6.54 Å². The third kappa shape index (κ3) is 5.78. The number of nitrogens with one attached hydrogen (secondary N) is 1. The number of para-hydroxylation sites is 2. The van der Waals surface area contributed by atoms with Crippen molar-refractivity contribution in [3.8, 4) is 11.5 Å². The van der Waals surface area contributed by atoms with Crippen LogP contribution in [0.15, 0.2) is 78.9 Å². The van der Waals surface area contributed by atoms with Gasteiger partial charge in [-0.3, -0.25) is 9.69 Å². The van der Waals surface area contributed by atoms with E-state index in [1.54, 1.807) is 0 Å². The first-order valence-corrected chi connectivity index (χ1v) is 12.2. The Bertz CT molecular complexity index is 1080. The lowest BCUT2D eigenvalue weighted by molar-refractivity contribution is 0.0789. The van der Waals surface area contributed by atoms with Crippen molar-refractivity contribution in [3.05, 3.63) is 95.6 Å². The van der Waals surface area contributed by atoms with Gasteiger partial charge in [-0.1, -0.05) is 54.6 Å². The van der Waals surface area contributed by atoms with E-state index >= 15 is 0 Å². The Balaban J connectivity index is 1.05. The van der Waals surface area contributed by atoms with Crippen molar-refractivity contribution in [2.75, 3.05) is 26.2 Å². The summed E-state index contributed by atoms with van der Waals surface area (Å²) in [5, 5.41) is 2.97. The SMILES string of the molecule is O=C(NC[C@@H]1COc2ccccc2O1)c1ccc(CN2CCC(Cc3ccccc3)CC2)cc1. The molecule has 0 aromatic heterocycles. The molecule has 5 nitrogen and oxygen atoms in total. The zero-order chi connectivity index (χ0) is 23.2. The highest BCUT2D eigenvalue weighted by molar-refractivity contribution is 5.94. The molecule has 176 valence electrons. The minimum atomic E-state index is -0.192. The third-order valence-corrected chi connectivity index (χ3v) is 6.75. The Morgan fingerprint density at radius 1 is 0.853 bits per heavy atom. The molecule has 2 aliphatic heterocycles. The van der Waals surface area contributed by atoms with Crippen LogP contribution in [0.3, 0.4) is 0 Å². The summed E-state index contributed by atoms with van der Waals surface area (Å²) in [4.78, 5) is 15.1. The number of hydrogen-bond acceptors (Lipinski definition) is 4. The normalized spacial score (nSPS) is 18.4. The van der Waals surface area contributed by atoms with Crippen LogP contribution in [0.2, 0.25) is 0 Å². The number of ether oxygens (including phenoxy) is 2. The van der Waals surface area contributed by atoms with Crippen LogP contribution in [0.1, 0.15) is 34.3 Å². The van der Waals surface area contributed by atoms with Gasteiger partial charge in [0.15, 0.2) is 11.5 Å². The Morgan fingerprint density at radius 2 is 1.56 bits per heavy atom. The van der Waals surface area contributed by atoms with Crippen LogP contribution in [0.4, 0.5) is 0 Å². The van der Waals surface area contributed by atoms with Gasteiger partial charge >= 0.3 is 0 Å². The maximum atomic E-state index is 12.6. The summed E-state index contributed by atoms with van der Waals surface area (Å²) in [6, 6.07) is 26.4. The molecule has 1 N–H and O–H groups in total. The van der Waals surface area contributed by atoms with Crippen LogP contribution in [-0.4, -0.2) is 43.2 Å². The van der Waals surface area contributed by atoms with Gasteiger partial charge in [-0.05, 0) is 73.7 Å². The van der Waals surface area contributed by atoms with Crippen LogP contribution >= 0.6 is 0 Å². The smallest absolute Gasteiger partial charge is 0.251 e. The van der Waals surface area contributed by atoms with Gasteiger partial charge in [0, 0.05) is 12.1 Å². The molecule has 34 heavy (non-hydrogen) atoms. The minimum absolute atomic E-state index is 0.0873. The molecule has 0 aliphatic carbocycles. The van der Waals surface area contributed by atoms with Crippen molar-refractivity contribution >= 4 is 5.91 Å². The van der Waals surface area contributed by atoms with Crippen molar-refractivity contribution in [1.29, 1.82) is 0 Å². The topological polar surface area (TPSA) is 50.8 Å². The van der Waals surface area contributed by atoms with Crippen molar-refractivity contribution in [2.45, 2.75) is 31.9 Å². The molecule has 0 spiro atoms. The number of hydrogen-bond donors (Lipinski definition) is 1. The first-order chi connectivity index (χ1) is 16.7. The average Bonchev–Trinajstić information content (AvgIpc) is 2.89. The minimum Gasteiger partial charge on any atom is -0.486 e. The van der Waals surface area contributed by atoms with Gasteiger partial charge in [0.25, 0.3) is 5.91 Å². The molecule has 3 aromatic rings. The molecule has 5 rings (SSSR count). The fourth-order valence-corrected chi connectivity index (χ4v) is 4.79. The average molecular weight is 457 g/mol. The van der Waals surface area contributed by atoms with E-state index in [1.807, 2.05) is 36.4 Å². The maximum Gasteiger partial charge on any atom is 0.251 e. The Labute approximate surface area is 201 Å². The Kier molecular flexibility index (Phi) is 7.10. The highest BCUT2D eigenvalue weighted by atomic mass is 16.6. The Hall–Kier alpha value is -3.31. The maximum absolute atomic E-state index is 12.6. The molecule has 1 amide bonds. The number of fused-ring (bicyclic) bond motifs is 1. The quantitative estimate of drug-likeness (QED) is 0.559. The van der Waals surface area contributed by atoms with E-state index in [2.05, 4.69) is 52.7 Å². The molecule has 2 aliphatic rings. The first kappa shape index (κ1) is 22.5. The van der Waals surface area contributed by atoms with Gasteiger partial charge in [-0.25, -0.2) is 0 Å². The van der Waals surface area contributed by atoms with Crippen LogP contribution < -0.4 is 14.8 Å². The lowest BCUT2D eigenvalue weighted by atomic mass is 9.90. The molecule has 1 saturated heterocycles. The molecule has 2 heterocycles. The van der Waals surface area contributed by atoms with E-state index in [4.69, 9.17) is 9.47 Å². The van der Waals surface area contributed by atoms with E-state index in [0.29, 0.717) is 18.7 Å². The van der Waals surface area contributed by atoms with Crippen molar-refractivity contribution in [3.63, 3.8) is 0 Å². The van der Waals surface area contributed by atoms with E-state index in [1.165, 1.54) is 30.4 Å². The molecule has 0 unspecified atom stereocenters. The molecule has 0 saturated carbocycles. The van der Waals surface area contributed by atoms with E-state index in [9.17, 15) is 4.79 Å². The molecular weight excluding hydrogens is 424 g/mol. The molecule has 0 radical (unpaired) electrons. The highest BCUT2D eigenvalue weighted by Gasteiger charge is 2.22. The molecule has 5 heteroatoms. The molecule has 0 bridgehead atoms. The second kappa shape index (κ2) is 10.7. The summed E-state index contributed by atoms with van der Waals surface area (Å²) in [6.45, 7) is 4.04. The Morgan fingerprint density at radius 3 is 2.32 bits per heavy atom. The first-order valence-electron chi connectivity index (χ1n) is 12.2. The highest BCUT2D eigenvalue weighted by Crippen LogP contribution is 2.30. The summed E-state index contributed by atoms with van der Waals surface area (Å²) < 4.78 is 11.6. The number of nitrogens with zero attached hydrogens (tertiary/aromatic N) is 1. The predicted octanol–water partition coefficient (Wildman–Crippen LogP) is 4.71. The number of rotatable bonds is 7. The summed E-state index contributed by atoms with van der Waals surface area (Å²) in [7, 11) is 0. The molecule has 1 fully saturated rings. The molecule has 1 atom stereocenters. The van der Waals surface area contributed by atoms with Crippen LogP contribution in [0.5, 0.6) is 11.5 Å². The van der Waals surface area contributed by atoms with Gasteiger partial charge in [-0.15, -0.1) is 0 Å². The number of carbonyl (C=O) groups is 1. The number of likely N-dealkylation sites (tertiary alicyclic amines) is 1. The lowest BCUT2D eigenvalue weighted by Crippen LogP contribution is -2.40. The fourth-order valence-electron chi connectivity index (χ4n) is 4.79. The standard InChI is InChI=1S/C29H32N2O3/c32-29(30-19-26-21-33-27-8-4-5-9-28(27)34-26)25-12-10-24(11-13-25)20-31-16-14-23(15-17-31)18-22-6-2-1-3-7-22/h1-13,23,26H,14-21H2,(H,30,32)/t26-/m1/s1. The monoisotopic (exact) mass is 456 g/mol. The predicted molar refractivity (Wildman–Crippen MR) is 133 cm³/mol. The fraction of sp³-hybridized carbons (Fsp3) is 0.345. The van der Waals surface area contributed by atoms with Crippen molar-refractivity contribution in [1.82, 2.24) is 10.2 Å². The summed E-state index contributed by atoms with van der Waals surface area (Å²) in [6.07, 6.45) is 3.48. The van der Waals surface area contributed by atoms with E-state index in [0.717, 1.165) is 37.1 Å². The summed E-state index contributed by atoms with van der Waals surface area (Å²) >= 11 is 0. The summed E-state index contributed by atoms with van der Waals surface area (Å²) in [5.74, 6) is 2.16. The third-order valence-electron chi connectivity index (χ3n) is 6.75. The second-order valence-corrected chi connectivity index (χ2v) is 9.31. The number of amides is 1. The molecular formula is C29H32N2O3. The van der Waals surface area contributed by atoms with E-state index < -0.39 is 0 Å². The zero-order valence-electron chi connectivity index (χ0n) is 19.5. The number of carbonyl (C=O) groups excluding carboxylic acids is 1.